The van der Waals surface area contributed by atoms with Crippen LogP contribution in [0.1, 0.15) is 34.1 Å². The summed E-state index contributed by atoms with van der Waals surface area (Å²) in [6, 6.07) is 0. The minimum atomic E-state index is -1.14. The van der Waals surface area contributed by atoms with Crippen molar-refractivity contribution in [3.05, 3.63) is 0 Å². The number of carboxylic acid groups (broad SMARTS) is 1. The molecule has 0 heterocycles. The summed E-state index contributed by atoms with van der Waals surface area (Å²) in [5.41, 5.74) is -1.14. The van der Waals surface area contributed by atoms with E-state index in [9.17, 15) is 9.59 Å². The van der Waals surface area contributed by atoms with E-state index in [1.807, 2.05) is 0 Å². The average Bonchev–Trinajstić information content (AvgIpc) is 2.03. The van der Waals surface area contributed by atoms with Crippen molar-refractivity contribution < 1.29 is 14.7 Å². The molecule has 0 aromatic heterocycles. The van der Waals surface area contributed by atoms with E-state index in [2.05, 4.69) is 5.32 Å². The molecule has 0 saturated heterocycles. The SMILES string of the molecule is CCC(C)(NC(=O)C(C)C)C(=O)O. The lowest BCUT2D eigenvalue weighted by Gasteiger charge is -2.25. The van der Waals surface area contributed by atoms with E-state index in [4.69, 9.17) is 5.11 Å². The molecule has 13 heavy (non-hydrogen) atoms. The van der Waals surface area contributed by atoms with Gasteiger partial charge in [-0.15, -0.1) is 0 Å². The number of hydrogen-bond acceptors (Lipinski definition) is 2. The molecule has 0 bridgehead atoms. The lowest BCUT2D eigenvalue weighted by Crippen LogP contribution is -2.52. The first kappa shape index (κ1) is 11.9. The number of carbonyl (C=O) groups is 2. The number of aliphatic carboxylic acids is 1. The highest BCUT2D eigenvalue weighted by Gasteiger charge is 2.33. The second-order valence-electron chi connectivity index (χ2n) is 3.63. The monoisotopic (exact) mass is 187 g/mol. The molecule has 0 aromatic rings. The van der Waals surface area contributed by atoms with Gasteiger partial charge in [-0.05, 0) is 13.3 Å². The zero-order valence-corrected chi connectivity index (χ0v) is 8.55. The summed E-state index contributed by atoms with van der Waals surface area (Å²) < 4.78 is 0. The van der Waals surface area contributed by atoms with Crippen LogP contribution in [-0.2, 0) is 9.59 Å². The van der Waals surface area contributed by atoms with Crippen molar-refractivity contribution in [1.29, 1.82) is 0 Å². The maximum atomic E-state index is 11.2. The first-order valence-corrected chi connectivity index (χ1v) is 4.39. The van der Waals surface area contributed by atoms with E-state index in [-0.39, 0.29) is 11.8 Å². The van der Waals surface area contributed by atoms with Crippen molar-refractivity contribution in [2.75, 3.05) is 0 Å². The van der Waals surface area contributed by atoms with Crippen LogP contribution < -0.4 is 5.32 Å². The maximum absolute atomic E-state index is 11.2. The molecule has 0 rings (SSSR count). The Morgan fingerprint density at radius 3 is 2.15 bits per heavy atom. The Morgan fingerprint density at radius 1 is 1.46 bits per heavy atom. The fourth-order valence-corrected chi connectivity index (χ4v) is 0.709. The standard InChI is InChI=1S/C9H17NO3/c1-5-9(4,8(12)13)10-7(11)6(2)3/h6H,5H2,1-4H3,(H,10,11)(H,12,13). The van der Waals surface area contributed by atoms with Gasteiger partial charge in [0.05, 0.1) is 0 Å². The summed E-state index contributed by atoms with van der Waals surface area (Å²) in [5.74, 6) is -1.42. The third-order valence-electron chi connectivity index (χ3n) is 2.10. The highest BCUT2D eigenvalue weighted by molar-refractivity contribution is 5.87. The van der Waals surface area contributed by atoms with Crippen LogP contribution in [0.5, 0.6) is 0 Å². The summed E-state index contributed by atoms with van der Waals surface area (Å²) in [4.78, 5) is 22.0. The molecule has 0 spiro atoms. The molecule has 4 heteroatoms. The molecule has 0 aromatic carbocycles. The van der Waals surface area contributed by atoms with Crippen molar-refractivity contribution in [2.24, 2.45) is 5.92 Å². The second kappa shape index (κ2) is 4.25. The predicted molar refractivity (Wildman–Crippen MR) is 49.3 cm³/mol. The van der Waals surface area contributed by atoms with E-state index < -0.39 is 11.5 Å². The van der Waals surface area contributed by atoms with Crippen molar-refractivity contribution >= 4 is 11.9 Å². The van der Waals surface area contributed by atoms with Gasteiger partial charge in [0, 0.05) is 5.92 Å². The number of rotatable bonds is 4. The summed E-state index contributed by atoms with van der Waals surface area (Å²) in [5, 5.41) is 11.4. The topological polar surface area (TPSA) is 66.4 Å². The maximum Gasteiger partial charge on any atom is 0.329 e. The Morgan fingerprint density at radius 2 is 1.92 bits per heavy atom. The number of nitrogens with one attached hydrogen (secondary N) is 1. The van der Waals surface area contributed by atoms with E-state index in [1.54, 1.807) is 20.8 Å². The zero-order valence-electron chi connectivity index (χ0n) is 8.55. The summed E-state index contributed by atoms with van der Waals surface area (Å²) in [6.07, 6.45) is 0.376. The van der Waals surface area contributed by atoms with Crippen LogP contribution in [0.15, 0.2) is 0 Å². The highest BCUT2D eigenvalue weighted by Crippen LogP contribution is 2.10. The molecule has 2 N–H and O–H groups in total. The van der Waals surface area contributed by atoms with Crippen LogP contribution in [-0.4, -0.2) is 22.5 Å². The van der Waals surface area contributed by atoms with E-state index >= 15 is 0 Å². The summed E-state index contributed by atoms with van der Waals surface area (Å²) in [7, 11) is 0. The molecule has 0 saturated carbocycles. The Kier molecular flexibility index (Phi) is 3.91. The Labute approximate surface area is 78.3 Å². The van der Waals surface area contributed by atoms with Gasteiger partial charge in [0.25, 0.3) is 0 Å². The minimum Gasteiger partial charge on any atom is -0.480 e. The summed E-state index contributed by atoms with van der Waals surface area (Å²) >= 11 is 0. The third-order valence-corrected chi connectivity index (χ3v) is 2.10. The molecule has 0 aliphatic rings. The van der Waals surface area contributed by atoms with E-state index in [1.165, 1.54) is 6.92 Å². The lowest BCUT2D eigenvalue weighted by atomic mass is 9.98. The highest BCUT2D eigenvalue weighted by atomic mass is 16.4. The second-order valence-corrected chi connectivity index (χ2v) is 3.63. The number of carboxylic acids is 1. The molecule has 1 amide bonds. The molecule has 0 aliphatic carbocycles. The Hall–Kier alpha value is -1.06. The molecular formula is C9H17NO3. The molecule has 0 radical (unpaired) electrons. The summed E-state index contributed by atoms with van der Waals surface area (Å²) in [6.45, 7) is 6.70. The number of hydrogen-bond donors (Lipinski definition) is 2. The Balaban J connectivity index is 4.45. The van der Waals surface area contributed by atoms with Crippen molar-refractivity contribution in [3.8, 4) is 0 Å². The third kappa shape index (κ3) is 3.05. The van der Waals surface area contributed by atoms with E-state index in [0.717, 1.165) is 0 Å². The van der Waals surface area contributed by atoms with Crippen molar-refractivity contribution in [1.82, 2.24) is 5.32 Å². The fourth-order valence-electron chi connectivity index (χ4n) is 0.709. The van der Waals surface area contributed by atoms with Crippen molar-refractivity contribution in [3.63, 3.8) is 0 Å². The molecule has 1 atom stereocenters. The van der Waals surface area contributed by atoms with Crippen LogP contribution in [0, 0.1) is 5.92 Å². The number of carbonyl (C=O) groups excluding carboxylic acids is 1. The quantitative estimate of drug-likeness (QED) is 0.690. The fraction of sp³-hybridized carbons (Fsp3) is 0.778. The van der Waals surface area contributed by atoms with Gasteiger partial charge in [0.15, 0.2) is 0 Å². The molecule has 4 nitrogen and oxygen atoms in total. The van der Waals surface area contributed by atoms with Gasteiger partial charge in [-0.3, -0.25) is 4.79 Å². The normalized spacial score (nSPS) is 15.2. The van der Waals surface area contributed by atoms with Gasteiger partial charge >= 0.3 is 5.97 Å². The first-order chi connectivity index (χ1) is 5.83. The largest absolute Gasteiger partial charge is 0.480 e. The Bertz CT molecular complexity index is 213. The first-order valence-electron chi connectivity index (χ1n) is 4.39. The lowest BCUT2D eigenvalue weighted by molar-refractivity contribution is -0.147. The average molecular weight is 187 g/mol. The predicted octanol–water partition coefficient (Wildman–Crippen LogP) is 1.01. The van der Waals surface area contributed by atoms with Gasteiger partial charge in [-0.25, -0.2) is 4.79 Å². The van der Waals surface area contributed by atoms with Gasteiger partial charge in [-0.1, -0.05) is 20.8 Å². The molecule has 1 unspecified atom stereocenters. The van der Waals surface area contributed by atoms with Gasteiger partial charge < -0.3 is 10.4 Å². The van der Waals surface area contributed by atoms with Crippen LogP contribution in [0.4, 0.5) is 0 Å². The van der Waals surface area contributed by atoms with Crippen LogP contribution in [0.25, 0.3) is 0 Å². The van der Waals surface area contributed by atoms with Crippen LogP contribution in [0.3, 0.4) is 0 Å². The van der Waals surface area contributed by atoms with Gasteiger partial charge in [0.1, 0.15) is 5.54 Å². The van der Waals surface area contributed by atoms with E-state index in [0.29, 0.717) is 6.42 Å². The minimum absolute atomic E-state index is 0.190. The molecule has 0 aliphatic heterocycles. The van der Waals surface area contributed by atoms with Crippen molar-refractivity contribution in [2.45, 2.75) is 39.7 Å². The molecular weight excluding hydrogens is 170 g/mol. The van der Waals surface area contributed by atoms with Gasteiger partial charge in [-0.2, -0.15) is 0 Å². The smallest absolute Gasteiger partial charge is 0.329 e. The number of amides is 1. The van der Waals surface area contributed by atoms with Crippen LogP contribution in [0.2, 0.25) is 0 Å². The zero-order chi connectivity index (χ0) is 10.6. The van der Waals surface area contributed by atoms with Gasteiger partial charge in [0.2, 0.25) is 5.91 Å². The van der Waals surface area contributed by atoms with Crippen LogP contribution >= 0.6 is 0 Å². The molecule has 76 valence electrons. The molecule has 0 fully saturated rings.